The Hall–Kier alpha value is -1.83. The van der Waals surface area contributed by atoms with Crippen LogP contribution in [0.15, 0.2) is 6.20 Å². The summed E-state index contributed by atoms with van der Waals surface area (Å²) in [7, 11) is 0. The van der Waals surface area contributed by atoms with Crippen LogP contribution in [0.3, 0.4) is 0 Å². The molecule has 4 bridgehead atoms. The van der Waals surface area contributed by atoms with Crippen LogP contribution >= 0.6 is 0 Å². The number of halogens is 2. The lowest BCUT2D eigenvalue weighted by Crippen LogP contribution is -2.61. The van der Waals surface area contributed by atoms with Crippen molar-refractivity contribution in [3.05, 3.63) is 17.5 Å². The first kappa shape index (κ1) is 18.9. The van der Waals surface area contributed by atoms with Gasteiger partial charge in [-0.25, -0.2) is 18.7 Å². The van der Waals surface area contributed by atoms with Crippen LogP contribution in [-0.2, 0) is 0 Å². The molecule has 1 aromatic heterocycles. The molecule has 1 aromatic rings. The van der Waals surface area contributed by atoms with Gasteiger partial charge < -0.3 is 15.7 Å². The highest BCUT2D eigenvalue weighted by Gasteiger charge is 2.55. The Labute approximate surface area is 174 Å². The van der Waals surface area contributed by atoms with Crippen molar-refractivity contribution in [3.63, 3.8) is 0 Å². The highest BCUT2D eigenvalue weighted by atomic mass is 19.3. The van der Waals surface area contributed by atoms with Gasteiger partial charge in [0.15, 0.2) is 0 Å². The molecule has 3 N–H and O–H groups in total. The second-order valence-electron chi connectivity index (χ2n) is 10.6. The number of carbonyl (C=O) groups is 1. The molecule has 6 aliphatic rings. The normalized spacial score (nSPS) is 38.9. The molecule has 2 atom stereocenters. The lowest BCUT2D eigenvalue weighted by molar-refractivity contribution is -0.136. The summed E-state index contributed by atoms with van der Waals surface area (Å²) in [6.45, 7) is 0. The van der Waals surface area contributed by atoms with E-state index in [4.69, 9.17) is 0 Å². The molecule has 0 spiro atoms. The van der Waals surface area contributed by atoms with Crippen molar-refractivity contribution in [3.8, 4) is 0 Å². The lowest BCUT2D eigenvalue weighted by Gasteiger charge is -2.58. The summed E-state index contributed by atoms with van der Waals surface area (Å²) in [5.41, 5.74) is 0.211. The fourth-order valence-corrected chi connectivity index (χ4v) is 6.66. The minimum absolute atomic E-state index is 0.0364. The van der Waals surface area contributed by atoms with Gasteiger partial charge in [-0.3, -0.25) is 4.79 Å². The Morgan fingerprint density at radius 1 is 1.10 bits per heavy atom. The minimum Gasteiger partial charge on any atom is -0.390 e. The molecule has 0 saturated heterocycles. The van der Waals surface area contributed by atoms with Crippen LogP contribution in [0.4, 0.5) is 14.7 Å². The first-order chi connectivity index (χ1) is 14.3. The second kappa shape index (κ2) is 6.34. The zero-order valence-corrected chi connectivity index (χ0v) is 16.9. The molecule has 6 nitrogen and oxygen atoms in total. The summed E-state index contributed by atoms with van der Waals surface area (Å²) in [6, 6.07) is 0.383. The highest BCUT2D eigenvalue weighted by Crippen LogP contribution is 2.56. The molecule has 0 aliphatic heterocycles. The van der Waals surface area contributed by atoms with Gasteiger partial charge in [-0.05, 0) is 62.7 Å². The number of rotatable bonds is 5. The Bertz CT molecular complexity index is 866. The number of hydrogen-bond donors (Lipinski definition) is 3. The SMILES string of the molecule is O=C(NC1C2CC3CC1CC(O)(C3)C2)c1cnc(NC2CC2)nc1C1CC(F)(F)C1. The average Bonchev–Trinajstić information content (AvgIpc) is 3.45. The van der Waals surface area contributed by atoms with Crippen molar-refractivity contribution in [1.29, 1.82) is 0 Å². The molecular formula is C22H28F2N4O2. The smallest absolute Gasteiger partial charge is 0.254 e. The zero-order valence-electron chi connectivity index (χ0n) is 16.9. The summed E-state index contributed by atoms with van der Waals surface area (Å²) in [4.78, 5) is 22.0. The molecule has 7 rings (SSSR count). The molecule has 1 heterocycles. The fraction of sp³-hybridized carbons (Fsp3) is 0.773. The average molecular weight is 418 g/mol. The van der Waals surface area contributed by atoms with E-state index < -0.39 is 17.4 Å². The fourth-order valence-electron chi connectivity index (χ4n) is 6.66. The summed E-state index contributed by atoms with van der Waals surface area (Å²) in [6.07, 6.45) is 7.55. The lowest BCUT2D eigenvalue weighted by atomic mass is 9.52. The van der Waals surface area contributed by atoms with Crippen molar-refractivity contribution in [1.82, 2.24) is 15.3 Å². The number of hydrogen-bond acceptors (Lipinski definition) is 5. The van der Waals surface area contributed by atoms with Crippen molar-refractivity contribution in [2.75, 3.05) is 5.32 Å². The largest absolute Gasteiger partial charge is 0.390 e. The van der Waals surface area contributed by atoms with E-state index in [1.807, 2.05) is 0 Å². The molecule has 8 heteroatoms. The van der Waals surface area contributed by atoms with Crippen LogP contribution in [0.1, 0.15) is 79.8 Å². The summed E-state index contributed by atoms with van der Waals surface area (Å²) in [5, 5.41) is 17.2. The van der Waals surface area contributed by atoms with Crippen LogP contribution in [0.5, 0.6) is 0 Å². The number of nitrogens with one attached hydrogen (secondary N) is 2. The van der Waals surface area contributed by atoms with Crippen LogP contribution in [0, 0.1) is 17.8 Å². The molecule has 6 fully saturated rings. The summed E-state index contributed by atoms with van der Waals surface area (Å²) in [5.74, 6) is -1.78. The van der Waals surface area contributed by atoms with E-state index in [0.717, 1.165) is 44.9 Å². The van der Waals surface area contributed by atoms with Gasteiger partial charge in [0.25, 0.3) is 5.91 Å². The summed E-state index contributed by atoms with van der Waals surface area (Å²) >= 11 is 0. The molecule has 0 radical (unpaired) electrons. The van der Waals surface area contributed by atoms with Gasteiger partial charge in [-0.15, -0.1) is 0 Å². The van der Waals surface area contributed by atoms with Gasteiger partial charge in [0.1, 0.15) is 0 Å². The van der Waals surface area contributed by atoms with E-state index in [1.165, 1.54) is 6.20 Å². The number of amides is 1. The van der Waals surface area contributed by atoms with Crippen molar-refractivity contribution in [2.24, 2.45) is 17.8 Å². The predicted octanol–water partition coefficient (Wildman–Crippen LogP) is 3.23. The molecule has 6 aliphatic carbocycles. The van der Waals surface area contributed by atoms with Crippen LogP contribution in [-0.4, -0.2) is 44.6 Å². The van der Waals surface area contributed by atoms with Crippen molar-refractivity contribution < 1.29 is 18.7 Å². The number of aromatic nitrogens is 2. The Kier molecular flexibility index (Phi) is 4.00. The first-order valence-corrected chi connectivity index (χ1v) is 11.3. The monoisotopic (exact) mass is 418 g/mol. The van der Waals surface area contributed by atoms with Gasteiger partial charge in [0.2, 0.25) is 11.9 Å². The minimum atomic E-state index is -2.68. The summed E-state index contributed by atoms with van der Waals surface area (Å²) < 4.78 is 27.1. The Morgan fingerprint density at radius 2 is 1.80 bits per heavy atom. The van der Waals surface area contributed by atoms with Crippen LogP contribution < -0.4 is 10.6 Å². The molecule has 2 unspecified atom stereocenters. The quantitative estimate of drug-likeness (QED) is 0.683. The third-order valence-electron chi connectivity index (χ3n) is 7.99. The zero-order chi connectivity index (χ0) is 20.7. The van der Waals surface area contributed by atoms with E-state index in [0.29, 0.717) is 41.0 Å². The molecule has 30 heavy (non-hydrogen) atoms. The van der Waals surface area contributed by atoms with Gasteiger partial charge >= 0.3 is 0 Å². The first-order valence-electron chi connectivity index (χ1n) is 11.3. The maximum Gasteiger partial charge on any atom is 0.254 e. The second-order valence-corrected chi connectivity index (χ2v) is 10.6. The third-order valence-corrected chi connectivity index (χ3v) is 7.99. The van der Waals surface area contributed by atoms with Gasteiger partial charge in [0, 0.05) is 37.0 Å². The maximum absolute atomic E-state index is 13.5. The van der Waals surface area contributed by atoms with E-state index in [1.54, 1.807) is 0 Å². The van der Waals surface area contributed by atoms with Crippen LogP contribution in [0.25, 0.3) is 0 Å². The van der Waals surface area contributed by atoms with Gasteiger partial charge in [0.05, 0.1) is 16.9 Å². The molecule has 162 valence electrons. The number of aliphatic hydroxyl groups is 1. The number of anilines is 1. The number of alkyl halides is 2. The molecule has 6 saturated carbocycles. The van der Waals surface area contributed by atoms with E-state index in [-0.39, 0.29) is 24.8 Å². The maximum atomic E-state index is 13.5. The Balaban J connectivity index is 1.24. The van der Waals surface area contributed by atoms with Crippen molar-refractivity contribution >= 4 is 11.9 Å². The van der Waals surface area contributed by atoms with Gasteiger partial charge in [-0.2, -0.15) is 0 Å². The number of nitrogens with zero attached hydrogens (tertiary/aromatic N) is 2. The highest BCUT2D eigenvalue weighted by molar-refractivity contribution is 5.95. The van der Waals surface area contributed by atoms with E-state index >= 15 is 0 Å². The molecule has 1 amide bonds. The van der Waals surface area contributed by atoms with Gasteiger partial charge in [-0.1, -0.05) is 0 Å². The Morgan fingerprint density at radius 3 is 2.40 bits per heavy atom. The standard InChI is InChI=1S/C22H28F2N4O2/c23-22(24)8-14(9-22)18-16(10-25-20(28-18)26-15-1-2-15)19(29)27-17-12-3-11-4-13(17)7-21(30,5-11)6-12/h10-15,17,30H,1-9H2,(H,27,29)(H,25,26,28). The molecular weight excluding hydrogens is 390 g/mol. The van der Waals surface area contributed by atoms with E-state index in [2.05, 4.69) is 20.6 Å². The number of carbonyl (C=O) groups excluding carboxylic acids is 1. The molecule has 0 aromatic carbocycles. The predicted molar refractivity (Wildman–Crippen MR) is 105 cm³/mol. The van der Waals surface area contributed by atoms with Crippen molar-refractivity contribution in [2.45, 2.75) is 87.3 Å². The van der Waals surface area contributed by atoms with Crippen LogP contribution in [0.2, 0.25) is 0 Å². The third kappa shape index (κ3) is 3.27. The van der Waals surface area contributed by atoms with E-state index in [9.17, 15) is 18.7 Å². The topological polar surface area (TPSA) is 87.1 Å².